The molecule has 0 bridgehead atoms. The van der Waals surface area contributed by atoms with Crippen LogP contribution in [-0.4, -0.2) is 22.5 Å². The lowest BCUT2D eigenvalue weighted by Gasteiger charge is -2.28. The zero-order valence-electron chi connectivity index (χ0n) is 11.9. The first-order valence-corrected chi connectivity index (χ1v) is 7.61. The third-order valence-corrected chi connectivity index (χ3v) is 4.58. The first-order valence-electron chi connectivity index (χ1n) is 6.46. The van der Waals surface area contributed by atoms with E-state index < -0.39 is 11.4 Å². The molecule has 19 heavy (non-hydrogen) atoms. The number of rotatable bonds is 3. The van der Waals surface area contributed by atoms with E-state index in [1.165, 1.54) is 0 Å². The number of hydrogen-bond donors (Lipinski definition) is 1. The second kappa shape index (κ2) is 5.61. The van der Waals surface area contributed by atoms with E-state index in [1.807, 2.05) is 45.9 Å². The molecule has 1 unspecified atom stereocenters. The summed E-state index contributed by atoms with van der Waals surface area (Å²) in [5, 5.41) is 0. The van der Waals surface area contributed by atoms with E-state index in [-0.39, 0.29) is 10.8 Å². The molecule has 0 fully saturated rings. The fraction of sp³-hybridized carbons (Fsp3) is 0.571. The van der Waals surface area contributed by atoms with E-state index in [0.717, 1.165) is 17.1 Å². The van der Waals surface area contributed by atoms with Crippen molar-refractivity contribution in [2.24, 2.45) is 0 Å². The van der Waals surface area contributed by atoms with Crippen LogP contribution >= 0.6 is 0 Å². The summed E-state index contributed by atoms with van der Waals surface area (Å²) in [6.07, 6.45) is 0. The number of nitrogens with one attached hydrogen (secondary N) is 1. The number of benzene rings is 1. The van der Waals surface area contributed by atoms with Gasteiger partial charge in [-0.1, -0.05) is 12.1 Å². The molecule has 106 valence electrons. The van der Waals surface area contributed by atoms with Crippen LogP contribution in [0.3, 0.4) is 0 Å². The zero-order chi connectivity index (χ0) is 14.0. The number of fused-ring (bicyclic) bond motifs is 1. The van der Waals surface area contributed by atoms with Crippen LogP contribution < -0.4 is 14.2 Å². The highest BCUT2D eigenvalue weighted by Gasteiger charge is 2.30. The minimum atomic E-state index is -1.12. The van der Waals surface area contributed by atoms with Gasteiger partial charge in [-0.15, -0.1) is 4.72 Å². The van der Waals surface area contributed by atoms with Gasteiger partial charge in [0.25, 0.3) is 0 Å². The van der Waals surface area contributed by atoms with E-state index in [1.54, 1.807) is 0 Å². The van der Waals surface area contributed by atoms with Gasteiger partial charge in [0.1, 0.15) is 18.0 Å². The molecule has 1 aliphatic rings. The lowest BCUT2D eigenvalue weighted by Crippen LogP contribution is -2.40. The summed E-state index contributed by atoms with van der Waals surface area (Å²) in [7, 11) is 0. The largest absolute Gasteiger partial charge is 0.598 e. The SMILES string of the molecule is C[C@H](N[S+]([O-])C(C)(C)C)c1cccc2c1OCCO2. The van der Waals surface area contributed by atoms with Crippen molar-refractivity contribution in [2.75, 3.05) is 13.2 Å². The quantitative estimate of drug-likeness (QED) is 0.866. The molecule has 5 heteroatoms. The van der Waals surface area contributed by atoms with Crippen LogP contribution in [0.5, 0.6) is 11.5 Å². The summed E-state index contributed by atoms with van der Waals surface area (Å²) < 4.78 is 26.2. The molecule has 0 aromatic heterocycles. The van der Waals surface area contributed by atoms with Crippen molar-refractivity contribution >= 4 is 11.4 Å². The maximum atomic E-state index is 12.1. The zero-order valence-corrected chi connectivity index (χ0v) is 12.7. The fourth-order valence-electron chi connectivity index (χ4n) is 1.84. The van der Waals surface area contributed by atoms with Crippen LogP contribution in [0.15, 0.2) is 18.2 Å². The maximum absolute atomic E-state index is 12.1. The highest BCUT2D eigenvalue weighted by Crippen LogP contribution is 2.37. The molecule has 2 rings (SSSR count). The minimum Gasteiger partial charge on any atom is -0.598 e. The van der Waals surface area contributed by atoms with Crippen LogP contribution in [0.4, 0.5) is 0 Å². The fourth-order valence-corrected chi connectivity index (χ4v) is 2.64. The van der Waals surface area contributed by atoms with E-state index in [2.05, 4.69) is 4.72 Å². The van der Waals surface area contributed by atoms with Crippen molar-refractivity contribution in [1.82, 2.24) is 4.72 Å². The van der Waals surface area contributed by atoms with E-state index in [9.17, 15) is 4.55 Å². The molecule has 0 saturated heterocycles. The third kappa shape index (κ3) is 3.35. The first kappa shape index (κ1) is 14.5. The minimum absolute atomic E-state index is 0.0586. The summed E-state index contributed by atoms with van der Waals surface area (Å²) in [4.78, 5) is 0. The molecule has 0 saturated carbocycles. The molecular formula is C14H21NO3S. The molecule has 1 aromatic carbocycles. The van der Waals surface area contributed by atoms with Gasteiger partial charge in [0.2, 0.25) is 0 Å². The van der Waals surface area contributed by atoms with Crippen molar-refractivity contribution in [3.8, 4) is 11.5 Å². The average molecular weight is 283 g/mol. The highest BCUT2D eigenvalue weighted by atomic mass is 32.2. The summed E-state index contributed by atoms with van der Waals surface area (Å²) >= 11 is -1.12. The molecular weight excluding hydrogens is 262 g/mol. The van der Waals surface area contributed by atoms with Crippen LogP contribution in [0, 0.1) is 0 Å². The number of para-hydroxylation sites is 1. The molecule has 0 aliphatic carbocycles. The second-order valence-electron chi connectivity index (χ2n) is 5.59. The molecule has 2 atom stereocenters. The van der Waals surface area contributed by atoms with Gasteiger partial charge >= 0.3 is 0 Å². The summed E-state index contributed by atoms with van der Waals surface area (Å²) in [6, 6.07) is 5.74. The van der Waals surface area contributed by atoms with Gasteiger partial charge < -0.3 is 14.0 Å². The van der Waals surface area contributed by atoms with Crippen LogP contribution in [-0.2, 0) is 11.4 Å². The Bertz CT molecular complexity index is 445. The average Bonchev–Trinajstić information content (AvgIpc) is 2.36. The molecule has 1 aromatic rings. The summed E-state index contributed by atoms with van der Waals surface area (Å²) in [5.74, 6) is 1.53. The van der Waals surface area contributed by atoms with Crippen molar-refractivity contribution in [1.29, 1.82) is 0 Å². The van der Waals surface area contributed by atoms with E-state index in [0.29, 0.717) is 13.2 Å². The summed E-state index contributed by atoms with van der Waals surface area (Å²) in [6.45, 7) is 8.96. The lowest BCUT2D eigenvalue weighted by atomic mass is 10.1. The Morgan fingerprint density at radius 1 is 1.26 bits per heavy atom. The van der Waals surface area contributed by atoms with Gasteiger partial charge in [0, 0.05) is 16.9 Å². The highest BCUT2D eigenvalue weighted by molar-refractivity contribution is 7.90. The van der Waals surface area contributed by atoms with Gasteiger partial charge in [-0.05, 0) is 33.8 Å². The summed E-state index contributed by atoms with van der Waals surface area (Å²) in [5.41, 5.74) is 0.981. The van der Waals surface area contributed by atoms with Crippen molar-refractivity contribution in [3.63, 3.8) is 0 Å². The van der Waals surface area contributed by atoms with Gasteiger partial charge in [0.15, 0.2) is 11.5 Å². The van der Waals surface area contributed by atoms with Crippen LogP contribution in [0.1, 0.15) is 39.3 Å². The van der Waals surface area contributed by atoms with Gasteiger partial charge in [-0.2, -0.15) is 0 Å². The monoisotopic (exact) mass is 283 g/mol. The van der Waals surface area contributed by atoms with E-state index >= 15 is 0 Å². The van der Waals surface area contributed by atoms with Gasteiger partial charge in [-0.3, -0.25) is 0 Å². The smallest absolute Gasteiger partial charge is 0.166 e. The second-order valence-corrected chi connectivity index (χ2v) is 7.59. The molecule has 0 radical (unpaired) electrons. The Morgan fingerprint density at radius 3 is 2.63 bits per heavy atom. The Hall–Kier alpha value is -0.910. The molecule has 0 amide bonds. The predicted molar refractivity (Wildman–Crippen MR) is 76.9 cm³/mol. The van der Waals surface area contributed by atoms with Gasteiger partial charge in [-0.25, -0.2) is 0 Å². The predicted octanol–water partition coefficient (Wildman–Crippen LogP) is 2.57. The normalized spacial score (nSPS) is 17.9. The molecule has 0 spiro atoms. The Balaban J connectivity index is 2.18. The Labute approximate surface area is 117 Å². The van der Waals surface area contributed by atoms with Crippen molar-refractivity contribution in [3.05, 3.63) is 23.8 Å². The topological polar surface area (TPSA) is 53.5 Å². The van der Waals surface area contributed by atoms with Crippen molar-refractivity contribution < 1.29 is 14.0 Å². The molecule has 4 nitrogen and oxygen atoms in total. The Morgan fingerprint density at radius 2 is 1.95 bits per heavy atom. The lowest BCUT2D eigenvalue weighted by molar-refractivity contribution is 0.169. The Kier molecular flexibility index (Phi) is 4.28. The van der Waals surface area contributed by atoms with E-state index in [4.69, 9.17) is 9.47 Å². The number of ether oxygens (including phenoxy) is 2. The maximum Gasteiger partial charge on any atom is 0.166 e. The molecule has 1 N–H and O–H groups in total. The van der Waals surface area contributed by atoms with Crippen LogP contribution in [0.25, 0.3) is 0 Å². The third-order valence-electron chi connectivity index (χ3n) is 2.90. The van der Waals surface area contributed by atoms with Crippen molar-refractivity contribution in [2.45, 2.75) is 38.5 Å². The molecule has 1 aliphatic heterocycles. The van der Waals surface area contributed by atoms with Gasteiger partial charge in [0.05, 0.1) is 6.04 Å². The first-order chi connectivity index (χ1) is 8.89. The number of hydrogen-bond acceptors (Lipinski definition) is 4. The molecule has 1 heterocycles. The van der Waals surface area contributed by atoms with Crippen LogP contribution in [0.2, 0.25) is 0 Å². The standard InChI is InChI=1S/C14H21NO3S/c1-10(15-19(16)14(2,3)4)11-6-5-7-12-13(11)18-9-8-17-12/h5-7,10,15H,8-9H2,1-4H3/t10-,19?/m0/s1.